The zero-order valence-electron chi connectivity index (χ0n) is 17.4. The van der Waals surface area contributed by atoms with Crippen molar-refractivity contribution >= 4 is 17.9 Å². The summed E-state index contributed by atoms with van der Waals surface area (Å²) >= 11 is 0. The van der Waals surface area contributed by atoms with Gasteiger partial charge in [0.25, 0.3) is 0 Å². The van der Waals surface area contributed by atoms with E-state index in [9.17, 15) is 24.6 Å². The lowest BCUT2D eigenvalue weighted by atomic mass is 9.42. The summed E-state index contributed by atoms with van der Waals surface area (Å²) in [5, 5.41) is 21.3. The van der Waals surface area contributed by atoms with Gasteiger partial charge in [-0.1, -0.05) is 6.92 Å². The molecule has 1 spiro atoms. The second-order valence-corrected chi connectivity index (χ2v) is 9.57. The highest BCUT2D eigenvalue weighted by molar-refractivity contribution is 5.79. The number of hydrogen-bond acceptors (Lipinski definition) is 9. The minimum atomic E-state index is -1.24. The van der Waals surface area contributed by atoms with E-state index in [4.69, 9.17) is 18.6 Å². The summed E-state index contributed by atoms with van der Waals surface area (Å²) in [4.78, 5) is 37.8. The predicted molar refractivity (Wildman–Crippen MR) is 101 cm³/mol. The Morgan fingerprint density at radius 2 is 2.03 bits per heavy atom. The maximum atomic E-state index is 13.1. The predicted octanol–water partition coefficient (Wildman–Crippen LogP) is 1.13. The van der Waals surface area contributed by atoms with Gasteiger partial charge >= 0.3 is 17.9 Å². The minimum absolute atomic E-state index is 0.103. The summed E-state index contributed by atoms with van der Waals surface area (Å²) < 4.78 is 22.1. The normalized spacial score (nSPS) is 46.3. The number of fused-ring (bicyclic) bond motifs is 2. The number of rotatable bonds is 2. The Kier molecular flexibility index (Phi) is 4.50. The van der Waals surface area contributed by atoms with Gasteiger partial charge in [0.1, 0.15) is 6.10 Å². The Balaban J connectivity index is 1.66. The molecule has 5 rings (SSSR count). The molecule has 4 fully saturated rings. The number of cyclic esters (lactones) is 2. The van der Waals surface area contributed by atoms with Crippen LogP contribution in [0.4, 0.5) is 0 Å². The molecule has 0 bridgehead atoms. The Hall–Kier alpha value is -2.39. The van der Waals surface area contributed by atoms with Crippen LogP contribution in [0.2, 0.25) is 0 Å². The van der Waals surface area contributed by atoms with E-state index < -0.39 is 70.9 Å². The van der Waals surface area contributed by atoms with Crippen molar-refractivity contribution in [2.45, 2.75) is 57.5 Å². The summed E-state index contributed by atoms with van der Waals surface area (Å²) in [5.74, 6) is -3.36. The fraction of sp³-hybridized carbons (Fsp3) is 0.682. The van der Waals surface area contributed by atoms with Gasteiger partial charge in [0.05, 0.1) is 43.2 Å². The molecule has 2 saturated heterocycles. The molecule has 0 radical (unpaired) electrons. The smallest absolute Gasteiger partial charge is 0.312 e. The van der Waals surface area contributed by atoms with Crippen molar-refractivity contribution in [1.29, 1.82) is 0 Å². The van der Waals surface area contributed by atoms with E-state index >= 15 is 0 Å². The molecule has 0 aromatic carbocycles. The molecule has 2 aliphatic carbocycles. The SMILES string of the molecule is CC(=O)O[C@H]1[C@H](c2ccoc2)OC(=O)[C@H]2CC[C@@]34COC(=O)[C@@H]3[C@@H](O)[C@@H](O)C[C@@H]4[C@]21C. The fourth-order valence-corrected chi connectivity index (χ4v) is 6.91. The largest absolute Gasteiger partial charge is 0.472 e. The number of aliphatic hydroxyl groups is 2. The number of ether oxygens (including phenoxy) is 3. The molecule has 2 aliphatic heterocycles. The molecule has 3 heterocycles. The number of carbonyl (C=O) groups is 3. The Morgan fingerprint density at radius 3 is 2.71 bits per heavy atom. The van der Waals surface area contributed by atoms with E-state index in [0.29, 0.717) is 18.4 Å². The molecule has 9 heteroatoms. The topological polar surface area (TPSA) is 133 Å². The minimum Gasteiger partial charge on any atom is -0.472 e. The third-order valence-electron chi connectivity index (χ3n) is 8.24. The first kappa shape index (κ1) is 20.5. The summed E-state index contributed by atoms with van der Waals surface area (Å²) in [6, 6.07) is 1.65. The van der Waals surface area contributed by atoms with Crippen molar-refractivity contribution in [2.24, 2.45) is 28.6 Å². The van der Waals surface area contributed by atoms with Gasteiger partial charge in [0, 0.05) is 23.3 Å². The van der Waals surface area contributed by atoms with E-state index in [0.717, 1.165) is 0 Å². The van der Waals surface area contributed by atoms with E-state index in [2.05, 4.69) is 0 Å². The van der Waals surface area contributed by atoms with Crippen LogP contribution in [-0.2, 0) is 28.6 Å². The Morgan fingerprint density at radius 1 is 1.26 bits per heavy atom. The molecular formula is C22H26O9. The molecule has 4 aliphatic rings. The average molecular weight is 434 g/mol. The van der Waals surface area contributed by atoms with Crippen LogP contribution < -0.4 is 0 Å². The average Bonchev–Trinajstić information content (AvgIpc) is 3.35. The first-order chi connectivity index (χ1) is 14.7. The molecule has 2 saturated carbocycles. The molecule has 2 N–H and O–H groups in total. The first-order valence-corrected chi connectivity index (χ1v) is 10.6. The van der Waals surface area contributed by atoms with Gasteiger partial charge in [-0.3, -0.25) is 14.4 Å². The van der Waals surface area contributed by atoms with Crippen LogP contribution in [0.1, 0.15) is 44.8 Å². The second-order valence-electron chi connectivity index (χ2n) is 9.57. The number of esters is 3. The number of carbonyl (C=O) groups excluding carboxylic acids is 3. The van der Waals surface area contributed by atoms with Crippen LogP contribution in [0.25, 0.3) is 0 Å². The fourth-order valence-electron chi connectivity index (χ4n) is 6.91. The summed E-state index contributed by atoms with van der Waals surface area (Å²) in [7, 11) is 0. The summed E-state index contributed by atoms with van der Waals surface area (Å²) in [6.45, 7) is 3.27. The van der Waals surface area contributed by atoms with Crippen LogP contribution in [-0.4, -0.2) is 53.0 Å². The van der Waals surface area contributed by atoms with Crippen molar-refractivity contribution in [2.75, 3.05) is 6.61 Å². The van der Waals surface area contributed by atoms with Crippen LogP contribution in [0, 0.1) is 28.6 Å². The summed E-state index contributed by atoms with van der Waals surface area (Å²) in [5.41, 5.74) is -1.14. The lowest BCUT2D eigenvalue weighted by molar-refractivity contribution is -0.257. The highest BCUT2D eigenvalue weighted by atomic mass is 16.6. The number of furan rings is 1. The van der Waals surface area contributed by atoms with E-state index in [-0.39, 0.29) is 13.0 Å². The first-order valence-electron chi connectivity index (χ1n) is 10.6. The van der Waals surface area contributed by atoms with Crippen molar-refractivity contribution in [3.8, 4) is 0 Å². The number of aliphatic hydroxyl groups excluding tert-OH is 2. The lowest BCUT2D eigenvalue weighted by Gasteiger charge is -2.63. The molecule has 0 unspecified atom stereocenters. The second kappa shape index (κ2) is 6.80. The van der Waals surface area contributed by atoms with Crippen molar-refractivity contribution in [3.63, 3.8) is 0 Å². The zero-order valence-corrected chi connectivity index (χ0v) is 17.4. The molecule has 1 aromatic rings. The highest BCUT2D eigenvalue weighted by Gasteiger charge is 2.73. The lowest BCUT2D eigenvalue weighted by Crippen LogP contribution is -2.68. The van der Waals surface area contributed by atoms with Crippen LogP contribution in [0.5, 0.6) is 0 Å². The molecule has 1 aromatic heterocycles. The van der Waals surface area contributed by atoms with Crippen molar-refractivity contribution < 1.29 is 43.2 Å². The Labute approximate surface area is 178 Å². The third-order valence-corrected chi connectivity index (χ3v) is 8.24. The molecular weight excluding hydrogens is 408 g/mol. The van der Waals surface area contributed by atoms with Gasteiger partial charge in [0.2, 0.25) is 0 Å². The van der Waals surface area contributed by atoms with E-state index in [1.165, 1.54) is 19.5 Å². The maximum absolute atomic E-state index is 13.1. The van der Waals surface area contributed by atoms with Gasteiger partial charge in [-0.15, -0.1) is 0 Å². The Bertz CT molecular complexity index is 910. The monoisotopic (exact) mass is 434 g/mol. The quantitative estimate of drug-likeness (QED) is 0.519. The molecule has 0 amide bonds. The molecule has 9 atom stereocenters. The van der Waals surface area contributed by atoms with Crippen LogP contribution in [0.15, 0.2) is 23.0 Å². The molecule has 31 heavy (non-hydrogen) atoms. The van der Waals surface area contributed by atoms with Crippen molar-refractivity contribution in [1.82, 2.24) is 0 Å². The maximum Gasteiger partial charge on any atom is 0.312 e. The van der Waals surface area contributed by atoms with Gasteiger partial charge in [-0.05, 0) is 31.2 Å². The summed E-state index contributed by atoms with van der Waals surface area (Å²) in [6.07, 6.45) is -0.213. The van der Waals surface area contributed by atoms with E-state index in [1.54, 1.807) is 6.07 Å². The molecule has 168 valence electrons. The van der Waals surface area contributed by atoms with Gasteiger partial charge in [-0.2, -0.15) is 0 Å². The van der Waals surface area contributed by atoms with Gasteiger partial charge < -0.3 is 28.8 Å². The zero-order chi connectivity index (χ0) is 22.1. The third kappa shape index (κ3) is 2.65. The number of hydrogen-bond donors (Lipinski definition) is 2. The van der Waals surface area contributed by atoms with Gasteiger partial charge in [0.15, 0.2) is 6.10 Å². The highest BCUT2D eigenvalue weighted by Crippen LogP contribution is 2.67. The molecule has 9 nitrogen and oxygen atoms in total. The van der Waals surface area contributed by atoms with Crippen LogP contribution in [0.3, 0.4) is 0 Å². The van der Waals surface area contributed by atoms with Gasteiger partial charge in [-0.25, -0.2) is 0 Å². The van der Waals surface area contributed by atoms with Crippen LogP contribution >= 0.6 is 0 Å². The standard InChI is InChI=1S/C22H26O9/c1-10(23)30-18-17(11-4-6-28-8-11)31-19(26)12-3-5-22-9-29-20(27)15(22)16(25)13(24)7-14(22)21(12,18)2/h4,6,8,12-18,24-25H,3,5,7,9H2,1-2H3/t12-,13+,14-,15+,16+,17+,18+,21+,22+/m1/s1. The van der Waals surface area contributed by atoms with Crippen molar-refractivity contribution in [3.05, 3.63) is 24.2 Å². The van der Waals surface area contributed by atoms with E-state index in [1.807, 2.05) is 6.92 Å².